The number of carbonyl (C=O) groups is 1. The third-order valence-electron chi connectivity index (χ3n) is 3.09. The summed E-state index contributed by atoms with van der Waals surface area (Å²) >= 11 is 0. The van der Waals surface area contributed by atoms with E-state index in [1.54, 1.807) is 7.11 Å². The molecule has 0 aromatic carbocycles. The minimum absolute atomic E-state index is 0.0942. The number of methoxy groups -OCH3 is 1. The van der Waals surface area contributed by atoms with Crippen LogP contribution in [0.15, 0.2) is 0 Å². The molecule has 0 aromatic heterocycles. The molecule has 0 spiro atoms. The molecule has 4 N–H and O–H groups in total. The number of carbonyl (C=O) groups excluding carboxylic acids is 1. The van der Waals surface area contributed by atoms with Crippen LogP contribution < -0.4 is 11.1 Å². The summed E-state index contributed by atoms with van der Waals surface area (Å²) in [5, 5.41) is 12.5. The van der Waals surface area contributed by atoms with Crippen LogP contribution >= 0.6 is 0 Å². The van der Waals surface area contributed by atoms with Crippen LogP contribution in [-0.2, 0) is 9.53 Å². The van der Waals surface area contributed by atoms with E-state index in [4.69, 9.17) is 10.5 Å². The van der Waals surface area contributed by atoms with E-state index in [1.807, 2.05) is 0 Å². The summed E-state index contributed by atoms with van der Waals surface area (Å²) in [5.41, 5.74) is 5.44. The summed E-state index contributed by atoms with van der Waals surface area (Å²) in [4.78, 5) is 11.6. The fraction of sp³-hybridized carbons (Fsp3) is 0.909. The molecule has 5 nitrogen and oxygen atoms in total. The maximum absolute atomic E-state index is 11.6. The molecule has 0 saturated heterocycles. The first-order valence-electron chi connectivity index (χ1n) is 5.87. The van der Waals surface area contributed by atoms with E-state index in [-0.39, 0.29) is 24.5 Å². The Bertz CT molecular complexity index is 219. The Labute approximate surface area is 96.3 Å². The lowest BCUT2D eigenvalue weighted by Gasteiger charge is -2.28. The highest BCUT2D eigenvalue weighted by Gasteiger charge is 2.25. The zero-order chi connectivity index (χ0) is 12.0. The van der Waals surface area contributed by atoms with Crippen molar-refractivity contribution in [3.05, 3.63) is 0 Å². The maximum atomic E-state index is 11.6. The second-order valence-corrected chi connectivity index (χ2v) is 4.32. The average molecular weight is 230 g/mol. The van der Waals surface area contributed by atoms with Crippen molar-refractivity contribution in [3.63, 3.8) is 0 Å². The van der Waals surface area contributed by atoms with Gasteiger partial charge in [-0.05, 0) is 12.8 Å². The minimum Gasteiger partial charge on any atom is -0.391 e. The van der Waals surface area contributed by atoms with Crippen molar-refractivity contribution in [3.8, 4) is 0 Å². The van der Waals surface area contributed by atoms with Gasteiger partial charge in [-0.2, -0.15) is 0 Å². The molecule has 1 amide bonds. The van der Waals surface area contributed by atoms with E-state index in [1.165, 1.54) is 0 Å². The van der Waals surface area contributed by atoms with Crippen LogP contribution in [0.25, 0.3) is 0 Å². The Morgan fingerprint density at radius 3 is 2.81 bits per heavy atom. The third kappa shape index (κ3) is 4.08. The molecule has 16 heavy (non-hydrogen) atoms. The van der Waals surface area contributed by atoms with Crippen molar-refractivity contribution in [1.29, 1.82) is 0 Å². The number of hydrogen-bond acceptors (Lipinski definition) is 4. The Kier molecular flexibility index (Phi) is 5.73. The van der Waals surface area contributed by atoms with Crippen molar-refractivity contribution in [2.45, 2.75) is 50.4 Å². The van der Waals surface area contributed by atoms with Crippen LogP contribution in [0.5, 0.6) is 0 Å². The predicted octanol–water partition coefficient (Wildman–Crippen LogP) is -0.230. The normalized spacial score (nSPS) is 27.4. The Morgan fingerprint density at radius 1 is 1.56 bits per heavy atom. The van der Waals surface area contributed by atoms with Crippen molar-refractivity contribution >= 4 is 5.91 Å². The SMILES string of the molecule is COC(CN)CC(=O)NC1CCCCC1O. The van der Waals surface area contributed by atoms with Gasteiger partial charge in [-0.1, -0.05) is 12.8 Å². The Morgan fingerprint density at radius 2 is 2.25 bits per heavy atom. The number of hydrogen-bond donors (Lipinski definition) is 3. The molecule has 5 heteroatoms. The maximum Gasteiger partial charge on any atom is 0.222 e. The van der Waals surface area contributed by atoms with Gasteiger partial charge in [0.1, 0.15) is 0 Å². The zero-order valence-electron chi connectivity index (χ0n) is 9.82. The number of ether oxygens (including phenoxy) is 1. The molecule has 94 valence electrons. The van der Waals surface area contributed by atoms with Gasteiger partial charge in [0.05, 0.1) is 24.7 Å². The van der Waals surface area contributed by atoms with Gasteiger partial charge in [0, 0.05) is 13.7 Å². The number of aliphatic hydroxyl groups excluding tert-OH is 1. The van der Waals surface area contributed by atoms with Crippen LogP contribution in [0.3, 0.4) is 0 Å². The summed E-state index contributed by atoms with van der Waals surface area (Å²) in [5.74, 6) is -0.0942. The second-order valence-electron chi connectivity index (χ2n) is 4.32. The number of aliphatic hydroxyl groups is 1. The third-order valence-corrected chi connectivity index (χ3v) is 3.09. The highest BCUT2D eigenvalue weighted by molar-refractivity contribution is 5.76. The van der Waals surface area contributed by atoms with Gasteiger partial charge in [-0.25, -0.2) is 0 Å². The fourth-order valence-electron chi connectivity index (χ4n) is 2.02. The van der Waals surface area contributed by atoms with Crippen molar-refractivity contribution < 1.29 is 14.6 Å². The fourth-order valence-corrected chi connectivity index (χ4v) is 2.02. The minimum atomic E-state index is -0.406. The standard InChI is InChI=1S/C11H22N2O3/c1-16-8(7-12)6-11(15)13-9-4-2-3-5-10(9)14/h8-10,14H,2-7,12H2,1H3,(H,13,15). The van der Waals surface area contributed by atoms with Crippen molar-refractivity contribution in [1.82, 2.24) is 5.32 Å². The van der Waals surface area contributed by atoms with Gasteiger partial charge >= 0.3 is 0 Å². The lowest BCUT2D eigenvalue weighted by Crippen LogP contribution is -2.46. The lowest BCUT2D eigenvalue weighted by molar-refractivity contribution is -0.125. The molecule has 3 unspecified atom stereocenters. The summed E-state index contributed by atoms with van der Waals surface area (Å²) < 4.78 is 5.04. The van der Waals surface area contributed by atoms with Crippen LogP contribution in [0.4, 0.5) is 0 Å². The molecule has 1 aliphatic rings. The zero-order valence-corrected chi connectivity index (χ0v) is 9.82. The van der Waals surface area contributed by atoms with Gasteiger partial charge < -0.3 is 20.9 Å². The van der Waals surface area contributed by atoms with E-state index >= 15 is 0 Å². The van der Waals surface area contributed by atoms with Crippen LogP contribution in [0, 0.1) is 0 Å². The van der Waals surface area contributed by atoms with Gasteiger partial charge in [0.15, 0.2) is 0 Å². The van der Waals surface area contributed by atoms with E-state index in [0.29, 0.717) is 6.54 Å². The largest absolute Gasteiger partial charge is 0.391 e. The summed E-state index contributed by atoms with van der Waals surface area (Å²) in [6, 6.07) is -0.100. The molecular formula is C11H22N2O3. The summed E-state index contributed by atoms with van der Waals surface area (Å²) in [7, 11) is 1.54. The van der Waals surface area contributed by atoms with E-state index in [2.05, 4.69) is 5.32 Å². The highest BCUT2D eigenvalue weighted by Crippen LogP contribution is 2.18. The molecule has 0 radical (unpaired) electrons. The van der Waals surface area contributed by atoms with Crippen molar-refractivity contribution in [2.24, 2.45) is 5.73 Å². The summed E-state index contributed by atoms with van der Waals surface area (Å²) in [6.07, 6.45) is 3.35. The molecule has 1 rings (SSSR count). The second kappa shape index (κ2) is 6.83. The highest BCUT2D eigenvalue weighted by atomic mass is 16.5. The van der Waals surface area contributed by atoms with E-state index < -0.39 is 6.10 Å². The number of amides is 1. The number of nitrogens with two attached hydrogens (primary N) is 1. The van der Waals surface area contributed by atoms with Gasteiger partial charge in [-0.3, -0.25) is 4.79 Å². The molecule has 0 bridgehead atoms. The molecule has 1 saturated carbocycles. The van der Waals surface area contributed by atoms with E-state index in [9.17, 15) is 9.90 Å². The number of nitrogens with one attached hydrogen (secondary N) is 1. The predicted molar refractivity (Wildman–Crippen MR) is 60.9 cm³/mol. The smallest absolute Gasteiger partial charge is 0.222 e. The van der Waals surface area contributed by atoms with E-state index in [0.717, 1.165) is 25.7 Å². The van der Waals surface area contributed by atoms with Gasteiger partial charge in [0.2, 0.25) is 5.91 Å². The molecule has 0 aromatic rings. The number of rotatable bonds is 5. The molecule has 1 aliphatic carbocycles. The first-order chi connectivity index (χ1) is 7.67. The first-order valence-corrected chi connectivity index (χ1v) is 5.87. The molecule has 0 heterocycles. The molecule has 0 aliphatic heterocycles. The monoisotopic (exact) mass is 230 g/mol. The summed E-state index contributed by atoms with van der Waals surface area (Å²) in [6.45, 7) is 0.330. The molecule has 1 fully saturated rings. The Balaban J connectivity index is 2.32. The topological polar surface area (TPSA) is 84.6 Å². The average Bonchev–Trinajstić information content (AvgIpc) is 2.29. The molecule has 3 atom stereocenters. The van der Waals surface area contributed by atoms with Crippen LogP contribution in [0.1, 0.15) is 32.1 Å². The first kappa shape index (κ1) is 13.4. The Hall–Kier alpha value is -0.650. The van der Waals surface area contributed by atoms with Crippen LogP contribution in [0.2, 0.25) is 0 Å². The van der Waals surface area contributed by atoms with Crippen molar-refractivity contribution in [2.75, 3.05) is 13.7 Å². The van der Waals surface area contributed by atoms with Gasteiger partial charge in [0.25, 0.3) is 0 Å². The van der Waals surface area contributed by atoms with Gasteiger partial charge in [-0.15, -0.1) is 0 Å². The van der Waals surface area contributed by atoms with Crippen LogP contribution in [-0.4, -0.2) is 42.9 Å². The lowest BCUT2D eigenvalue weighted by atomic mass is 9.92. The molecular weight excluding hydrogens is 208 g/mol. The quantitative estimate of drug-likeness (QED) is 0.609.